The number of hydrogen-bond donors (Lipinski definition) is 0. The summed E-state index contributed by atoms with van der Waals surface area (Å²) in [5.74, 6) is -0.391. The van der Waals surface area contributed by atoms with E-state index in [0.717, 1.165) is 44.0 Å². The first-order chi connectivity index (χ1) is 15.1. The van der Waals surface area contributed by atoms with Gasteiger partial charge in [-0.15, -0.1) is 0 Å². The van der Waals surface area contributed by atoms with E-state index in [2.05, 4.69) is 0 Å². The molecule has 0 N–H and O–H groups in total. The molecule has 2 heterocycles. The van der Waals surface area contributed by atoms with Crippen LogP contribution in [0.1, 0.15) is 29.0 Å². The van der Waals surface area contributed by atoms with Crippen LogP contribution in [0.5, 0.6) is 5.75 Å². The Bertz CT molecular complexity index is 1530. The predicted molar refractivity (Wildman–Crippen MR) is 118 cm³/mol. The van der Waals surface area contributed by atoms with Crippen molar-refractivity contribution in [3.63, 3.8) is 0 Å². The van der Waals surface area contributed by atoms with E-state index >= 15 is 0 Å². The summed E-state index contributed by atoms with van der Waals surface area (Å²) >= 11 is 0. The molecule has 5 aromatic rings. The monoisotopic (exact) mass is 408 g/mol. The van der Waals surface area contributed by atoms with Gasteiger partial charge in [0.1, 0.15) is 11.6 Å². The van der Waals surface area contributed by atoms with E-state index in [1.54, 1.807) is 12.1 Å². The van der Waals surface area contributed by atoms with E-state index in [0.29, 0.717) is 11.3 Å². The quantitative estimate of drug-likeness (QED) is 0.152. The number of halogens is 1. The summed E-state index contributed by atoms with van der Waals surface area (Å²) in [7, 11) is 0. The molecule has 0 fully saturated rings. The van der Waals surface area contributed by atoms with E-state index in [-0.39, 0.29) is 24.1 Å². The molecule has 0 aliphatic carbocycles. The lowest BCUT2D eigenvalue weighted by Gasteiger charge is -2.27. The van der Waals surface area contributed by atoms with Crippen molar-refractivity contribution in [3.05, 3.63) is 89.2 Å². The van der Waals surface area contributed by atoms with Gasteiger partial charge in [-0.25, -0.2) is 14.4 Å². The molecule has 5 heteroatoms. The summed E-state index contributed by atoms with van der Waals surface area (Å²) in [6.45, 7) is 2.03. The zero-order valence-corrected chi connectivity index (χ0v) is 16.7. The van der Waals surface area contributed by atoms with E-state index in [1.807, 2.05) is 49.4 Å². The number of hydrogen-bond acceptors (Lipinski definition) is 4. The summed E-state index contributed by atoms with van der Waals surface area (Å²) in [5.41, 5.74) is 5.89. The van der Waals surface area contributed by atoms with Crippen molar-refractivity contribution < 1.29 is 13.9 Å². The molecule has 1 atom stereocenters. The van der Waals surface area contributed by atoms with Crippen LogP contribution < -0.4 is 4.74 Å². The molecule has 0 radical (unpaired) electrons. The van der Waals surface area contributed by atoms with Crippen LogP contribution in [-0.4, -0.2) is 15.9 Å². The van der Waals surface area contributed by atoms with E-state index < -0.39 is 0 Å². The average molecular weight is 408 g/mol. The molecule has 4 aromatic carbocycles. The summed E-state index contributed by atoms with van der Waals surface area (Å²) < 4.78 is 19.4. The minimum absolute atomic E-state index is 0.166. The SMILES string of the molecule is Cc1ccc2nc3c4c(c5ccccc5c3nc2c1)OC(=O)CC4c1ccc(F)cc1. The number of aromatic nitrogens is 2. The topological polar surface area (TPSA) is 52.1 Å². The highest BCUT2D eigenvalue weighted by Gasteiger charge is 2.33. The molecular weight excluding hydrogens is 391 g/mol. The Morgan fingerprint density at radius 1 is 0.903 bits per heavy atom. The Kier molecular flexibility index (Phi) is 3.81. The van der Waals surface area contributed by atoms with Crippen molar-refractivity contribution in [2.24, 2.45) is 0 Å². The molecule has 1 aliphatic rings. The van der Waals surface area contributed by atoms with Crippen molar-refractivity contribution in [2.75, 3.05) is 0 Å². The molecule has 0 saturated heterocycles. The average Bonchev–Trinajstić information content (AvgIpc) is 2.78. The van der Waals surface area contributed by atoms with Gasteiger partial charge < -0.3 is 4.74 Å². The van der Waals surface area contributed by atoms with Crippen LogP contribution in [0.3, 0.4) is 0 Å². The van der Waals surface area contributed by atoms with Crippen LogP contribution in [0.15, 0.2) is 66.7 Å². The maximum atomic E-state index is 13.6. The predicted octanol–water partition coefficient (Wildman–Crippen LogP) is 5.82. The van der Waals surface area contributed by atoms with Crippen LogP contribution in [0.4, 0.5) is 4.39 Å². The first kappa shape index (κ1) is 18.0. The second-order valence-corrected chi connectivity index (χ2v) is 7.98. The van der Waals surface area contributed by atoms with Gasteiger partial charge in [0.15, 0.2) is 0 Å². The number of benzene rings is 4. The standard InChI is InChI=1S/C26H17FN2O2/c1-14-6-11-20-21(12-14)29-24-17-4-2-3-5-18(17)26-23(25(24)28-20)19(13-22(30)31-26)15-7-9-16(27)10-8-15/h2-12,19H,13H2,1H3. The van der Waals surface area contributed by atoms with Gasteiger partial charge in [0.05, 0.1) is 28.5 Å². The Morgan fingerprint density at radius 2 is 1.65 bits per heavy atom. The summed E-state index contributed by atoms with van der Waals surface area (Å²) in [5, 5.41) is 1.71. The fourth-order valence-corrected chi connectivity index (χ4v) is 4.52. The van der Waals surface area contributed by atoms with Crippen LogP contribution >= 0.6 is 0 Å². The Balaban J connectivity index is 1.77. The van der Waals surface area contributed by atoms with Crippen molar-refractivity contribution in [3.8, 4) is 5.75 Å². The van der Waals surface area contributed by atoms with Crippen LogP contribution in [-0.2, 0) is 4.79 Å². The zero-order chi connectivity index (χ0) is 21.1. The fourth-order valence-electron chi connectivity index (χ4n) is 4.52. The molecule has 6 rings (SSSR count). The third-order valence-electron chi connectivity index (χ3n) is 5.95. The Morgan fingerprint density at radius 3 is 2.45 bits per heavy atom. The Labute approximate surface area is 177 Å². The minimum atomic E-state index is -0.313. The number of carbonyl (C=O) groups is 1. The summed E-state index contributed by atoms with van der Waals surface area (Å²) in [6, 6.07) is 20.1. The number of esters is 1. The van der Waals surface area contributed by atoms with Gasteiger partial charge in [-0.2, -0.15) is 0 Å². The van der Waals surface area contributed by atoms with Gasteiger partial charge in [-0.1, -0.05) is 42.5 Å². The normalized spacial score (nSPS) is 15.9. The maximum absolute atomic E-state index is 13.6. The zero-order valence-electron chi connectivity index (χ0n) is 16.7. The van der Waals surface area contributed by atoms with Crippen LogP contribution in [0.25, 0.3) is 32.8 Å². The highest BCUT2D eigenvalue weighted by molar-refractivity contribution is 6.12. The largest absolute Gasteiger partial charge is 0.425 e. The maximum Gasteiger partial charge on any atom is 0.312 e. The first-order valence-corrected chi connectivity index (χ1v) is 10.2. The molecule has 0 bridgehead atoms. The van der Waals surface area contributed by atoms with E-state index in [1.165, 1.54) is 12.1 Å². The van der Waals surface area contributed by atoms with Gasteiger partial charge in [0.2, 0.25) is 0 Å². The number of ether oxygens (including phenoxy) is 1. The molecule has 31 heavy (non-hydrogen) atoms. The number of carbonyl (C=O) groups excluding carboxylic acids is 1. The van der Waals surface area contributed by atoms with Gasteiger partial charge in [0.25, 0.3) is 0 Å². The van der Waals surface area contributed by atoms with Crippen molar-refractivity contribution in [2.45, 2.75) is 19.3 Å². The van der Waals surface area contributed by atoms with Crippen molar-refractivity contribution >= 4 is 38.8 Å². The molecule has 0 saturated carbocycles. The van der Waals surface area contributed by atoms with E-state index in [9.17, 15) is 9.18 Å². The molecular formula is C26H17FN2O2. The van der Waals surface area contributed by atoms with E-state index in [4.69, 9.17) is 14.7 Å². The highest BCUT2D eigenvalue weighted by atomic mass is 19.1. The molecule has 1 aromatic heterocycles. The van der Waals surface area contributed by atoms with Crippen molar-refractivity contribution in [1.82, 2.24) is 9.97 Å². The minimum Gasteiger partial charge on any atom is -0.425 e. The Hall–Kier alpha value is -3.86. The molecule has 1 unspecified atom stereocenters. The van der Waals surface area contributed by atoms with Gasteiger partial charge in [-0.3, -0.25) is 4.79 Å². The first-order valence-electron chi connectivity index (χ1n) is 10.2. The van der Waals surface area contributed by atoms with Gasteiger partial charge in [0, 0.05) is 22.3 Å². The molecule has 0 spiro atoms. The molecule has 4 nitrogen and oxygen atoms in total. The van der Waals surface area contributed by atoms with Crippen LogP contribution in [0, 0.1) is 12.7 Å². The second-order valence-electron chi connectivity index (χ2n) is 7.98. The number of rotatable bonds is 1. The highest BCUT2D eigenvalue weighted by Crippen LogP contribution is 2.47. The fraction of sp³-hybridized carbons (Fsp3) is 0.115. The smallest absolute Gasteiger partial charge is 0.312 e. The third-order valence-corrected chi connectivity index (χ3v) is 5.95. The van der Waals surface area contributed by atoms with Crippen LogP contribution in [0.2, 0.25) is 0 Å². The summed E-state index contributed by atoms with van der Waals surface area (Å²) in [6.07, 6.45) is 0.166. The van der Waals surface area contributed by atoms with Gasteiger partial charge in [-0.05, 0) is 42.3 Å². The van der Waals surface area contributed by atoms with Gasteiger partial charge >= 0.3 is 5.97 Å². The lowest BCUT2D eigenvalue weighted by Crippen LogP contribution is -2.22. The third kappa shape index (κ3) is 2.77. The second kappa shape index (κ2) is 6.57. The number of aryl methyl sites for hydroxylation is 1. The van der Waals surface area contributed by atoms with Crippen molar-refractivity contribution in [1.29, 1.82) is 0 Å². The number of nitrogens with zero attached hydrogens (tertiary/aromatic N) is 2. The molecule has 150 valence electrons. The lowest BCUT2D eigenvalue weighted by atomic mass is 9.84. The summed E-state index contributed by atoms with van der Waals surface area (Å²) in [4.78, 5) is 22.5. The lowest BCUT2D eigenvalue weighted by molar-refractivity contribution is -0.135. The number of fused-ring (bicyclic) bond motifs is 7. The molecule has 1 aliphatic heterocycles. The molecule has 0 amide bonds.